The van der Waals surface area contributed by atoms with E-state index in [1.165, 1.54) is 24.5 Å². The summed E-state index contributed by atoms with van der Waals surface area (Å²) in [7, 11) is 0. The molecule has 0 aromatic heterocycles. The van der Waals surface area contributed by atoms with Crippen LogP contribution in [0.25, 0.3) is 0 Å². The maximum atomic E-state index is 11.8. The third kappa shape index (κ3) is 10.9. The molecule has 0 unspecified atom stereocenters. The minimum atomic E-state index is -1.16. The molecule has 8 N–H and O–H groups in total. The van der Waals surface area contributed by atoms with Crippen LogP contribution in [0, 0.1) is 0 Å². The first-order valence-corrected chi connectivity index (χ1v) is 12.6. The Balaban J connectivity index is 0.000000295. The van der Waals surface area contributed by atoms with Crippen molar-refractivity contribution in [2.75, 3.05) is 0 Å². The van der Waals surface area contributed by atoms with Crippen LogP contribution in [0.5, 0.6) is 0 Å². The third-order valence-corrected chi connectivity index (χ3v) is 5.88. The summed E-state index contributed by atoms with van der Waals surface area (Å²) < 4.78 is 0. The highest BCUT2D eigenvalue weighted by Crippen LogP contribution is 2.14. The fraction of sp³-hybridized carbons (Fsp3) is 0.207. The number of nitrogens with one attached hydrogen (secondary N) is 4. The van der Waals surface area contributed by atoms with Gasteiger partial charge in [0.2, 0.25) is 0 Å². The molecule has 0 saturated carbocycles. The molecule has 2 atom stereocenters. The molecular formula is C29H32N4O9. The van der Waals surface area contributed by atoms with Gasteiger partial charge in [0.05, 0.1) is 18.0 Å². The molecule has 3 rings (SSSR count). The maximum Gasteiger partial charge on any atom is 0.335 e. The number of amides is 2. The molecule has 3 aromatic rings. The average molecular weight is 581 g/mol. The van der Waals surface area contributed by atoms with Crippen LogP contribution in [-0.4, -0.2) is 56.2 Å². The Hall–Kier alpha value is -4.95. The first kappa shape index (κ1) is 33.3. The molecule has 0 spiro atoms. The van der Waals surface area contributed by atoms with E-state index in [0.717, 1.165) is 11.1 Å². The number of carbonyl (C=O) groups is 5. The minimum Gasteiger partial charge on any atom is -0.481 e. The molecule has 0 aliphatic carbocycles. The normalized spacial score (nSPS) is 11.7. The highest BCUT2D eigenvalue weighted by molar-refractivity contribution is 5.94. The van der Waals surface area contributed by atoms with Crippen LogP contribution in [0.1, 0.15) is 56.8 Å². The molecule has 0 aliphatic rings. The number of hydroxylamine groups is 2. The molecule has 3 aromatic carbocycles. The Bertz CT molecular complexity index is 1380. The maximum absolute atomic E-state index is 11.8. The van der Waals surface area contributed by atoms with Gasteiger partial charge in [0, 0.05) is 18.7 Å². The summed E-state index contributed by atoms with van der Waals surface area (Å²) in [6, 6.07) is 20.4. The smallest absolute Gasteiger partial charge is 0.335 e. The number of aliphatic carboxylic acids is 1. The molecular weight excluding hydrogens is 548 g/mol. The monoisotopic (exact) mass is 580 g/mol. The Kier molecular flexibility index (Phi) is 13.5. The summed E-state index contributed by atoms with van der Waals surface area (Å²) in [4.78, 5) is 55.9. The number of Topliss-reactive ketones (excluding diaryl/α,β-unsaturated/α-hetero) is 1. The van der Waals surface area contributed by atoms with Gasteiger partial charge in [-0.3, -0.25) is 34.9 Å². The summed E-state index contributed by atoms with van der Waals surface area (Å²) >= 11 is 0. The predicted octanol–water partition coefficient (Wildman–Crippen LogP) is 2.05. The molecule has 2 amide bonds. The second-order valence-electron chi connectivity index (χ2n) is 8.97. The summed E-state index contributed by atoms with van der Waals surface area (Å²) in [6.07, 6.45) is -0.460. The van der Waals surface area contributed by atoms with Crippen LogP contribution in [0.15, 0.2) is 78.9 Å². The Labute approximate surface area is 241 Å². The molecule has 0 bridgehead atoms. The predicted molar refractivity (Wildman–Crippen MR) is 149 cm³/mol. The van der Waals surface area contributed by atoms with Gasteiger partial charge in [0.15, 0.2) is 5.78 Å². The molecule has 0 fully saturated rings. The lowest BCUT2D eigenvalue weighted by atomic mass is 10.1. The van der Waals surface area contributed by atoms with Crippen molar-refractivity contribution in [1.29, 1.82) is 0 Å². The highest BCUT2D eigenvalue weighted by atomic mass is 16.5. The molecule has 42 heavy (non-hydrogen) atoms. The number of hydrogen-bond donors (Lipinski definition) is 8. The van der Waals surface area contributed by atoms with Crippen LogP contribution < -0.4 is 21.6 Å². The van der Waals surface area contributed by atoms with Crippen molar-refractivity contribution in [2.45, 2.75) is 38.5 Å². The Morgan fingerprint density at radius 3 is 1.76 bits per heavy atom. The number of benzene rings is 3. The summed E-state index contributed by atoms with van der Waals surface area (Å²) in [5, 5.41) is 40.8. The highest BCUT2D eigenvalue weighted by Gasteiger charge is 2.21. The van der Waals surface area contributed by atoms with Crippen molar-refractivity contribution in [2.24, 2.45) is 0 Å². The Morgan fingerprint density at radius 1 is 0.690 bits per heavy atom. The number of carboxylic acid groups (broad SMARTS) is 2. The number of aromatic carboxylic acids is 1. The molecule has 13 heteroatoms. The number of ketones is 1. The lowest BCUT2D eigenvalue weighted by Crippen LogP contribution is -2.44. The molecule has 0 heterocycles. The van der Waals surface area contributed by atoms with Gasteiger partial charge in [-0.1, -0.05) is 60.7 Å². The van der Waals surface area contributed by atoms with E-state index in [0.29, 0.717) is 11.1 Å². The second kappa shape index (κ2) is 17.0. The lowest BCUT2D eigenvalue weighted by Gasteiger charge is -2.17. The summed E-state index contributed by atoms with van der Waals surface area (Å²) in [5.41, 5.74) is 5.93. The van der Waals surface area contributed by atoms with Gasteiger partial charge in [-0.25, -0.2) is 15.8 Å². The van der Waals surface area contributed by atoms with Gasteiger partial charge in [0.25, 0.3) is 11.8 Å². The van der Waals surface area contributed by atoms with Crippen molar-refractivity contribution in [1.82, 2.24) is 21.6 Å². The first-order chi connectivity index (χ1) is 20.0. The number of carbonyl (C=O) groups excluding carboxylic acids is 3. The third-order valence-electron chi connectivity index (χ3n) is 5.88. The molecule has 13 nitrogen and oxygen atoms in total. The van der Waals surface area contributed by atoms with Crippen molar-refractivity contribution in [3.63, 3.8) is 0 Å². The van der Waals surface area contributed by atoms with E-state index in [9.17, 15) is 24.0 Å². The van der Waals surface area contributed by atoms with E-state index in [1.807, 2.05) is 6.07 Å². The van der Waals surface area contributed by atoms with Crippen LogP contribution in [0.3, 0.4) is 0 Å². The standard InChI is InChI=1S/C16H16N2O4.C13H16N2O5/c19-15(18-22)14(12-6-2-1-3-7-12)17-10-11-5-4-8-13(9-11)16(20)21;1-8(16)10-4-2-3-9(5-10)7-14-11(6-12(17)18)13(19)15-20/h1-9,14,17,22H,10H2,(H,18,19)(H,20,21);2-5,11,14,20H,6-7H2,1H3,(H,15,19)(H,17,18)/t14-;11-/m00/s1. The van der Waals surface area contributed by atoms with Crippen LogP contribution >= 0.6 is 0 Å². The van der Waals surface area contributed by atoms with Crippen molar-refractivity contribution >= 4 is 29.5 Å². The average Bonchev–Trinajstić information content (AvgIpc) is 2.99. The summed E-state index contributed by atoms with van der Waals surface area (Å²) in [6.45, 7) is 1.93. The van der Waals surface area contributed by atoms with Crippen LogP contribution in [0.4, 0.5) is 0 Å². The Morgan fingerprint density at radius 2 is 1.24 bits per heavy atom. The topological polar surface area (TPSA) is 214 Å². The van der Waals surface area contributed by atoms with E-state index < -0.39 is 42.3 Å². The zero-order valence-corrected chi connectivity index (χ0v) is 22.6. The van der Waals surface area contributed by atoms with Gasteiger partial charge >= 0.3 is 11.9 Å². The van der Waals surface area contributed by atoms with Gasteiger partial charge in [-0.15, -0.1) is 0 Å². The van der Waals surface area contributed by atoms with Crippen molar-refractivity contribution in [3.05, 3.63) is 107 Å². The molecule has 222 valence electrons. The van der Waals surface area contributed by atoms with E-state index in [-0.39, 0.29) is 24.4 Å². The number of carboxylic acids is 2. The van der Waals surface area contributed by atoms with Gasteiger partial charge in [0.1, 0.15) is 6.04 Å². The van der Waals surface area contributed by atoms with Crippen molar-refractivity contribution in [3.8, 4) is 0 Å². The summed E-state index contributed by atoms with van der Waals surface area (Å²) in [5.74, 6) is -3.66. The van der Waals surface area contributed by atoms with Gasteiger partial charge in [-0.05, 0) is 41.8 Å². The largest absolute Gasteiger partial charge is 0.481 e. The lowest BCUT2D eigenvalue weighted by molar-refractivity contribution is -0.141. The fourth-order valence-corrected chi connectivity index (χ4v) is 3.76. The fourth-order valence-electron chi connectivity index (χ4n) is 3.76. The molecule has 0 aliphatic heterocycles. The first-order valence-electron chi connectivity index (χ1n) is 12.6. The van der Waals surface area contributed by atoms with Gasteiger partial charge in [-0.2, -0.15) is 0 Å². The zero-order valence-electron chi connectivity index (χ0n) is 22.6. The number of rotatable bonds is 13. The SMILES string of the molecule is CC(=O)c1cccc(CN[C@@H](CC(=O)O)C(=O)NO)c1.O=C(O)c1cccc(CN[C@H](C(=O)NO)c2ccccc2)c1. The van der Waals surface area contributed by atoms with Crippen molar-refractivity contribution < 1.29 is 44.6 Å². The molecule has 0 radical (unpaired) electrons. The quantitative estimate of drug-likeness (QED) is 0.0832. The van der Waals surface area contributed by atoms with E-state index in [1.54, 1.807) is 66.1 Å². The van der Waals surface area contributed by atoms with E-state index >= 15 is 0 Å². The zero-order chi connectivity index (χ0) is 31.1. The van der Waals surface area contributed by atoms with E-state index in [2.05, 4.69) is 10.6 Å². The minimum absolute atomic E-state index is 0.0814. The van der Waals surface area contributed by atoms with Crippen LogP contribution in [0.2, 0.25) is 0 Å². The van der Waals surface area contributed by atoms with E-state index in [4.69, 9.17) is 20.6 Å². The van der Waals surface area contributed by atoms with Crippen LogP contribution in [-0.2, 0) is 27.5 Å². The molecule has 0 saturated heterocycles. The number of hydrogen-bond acceptors (Lipinski definition) is 9. The van der Waals surface area contributed by atoms with Gasteiger partial charge < -0.3 is 15.5 Å². The second-order valence-corrected chi connectivity index (χ2v) is 8.97.